The van der Waals surface area contributed by atoms with Crippen molar-refractivity contribution in [3.63, 3.8) is 0 Å². The molecule has 4 fully saturated rings. The van der Waals surface area contributed by atoms with Crippen molar-refractivity contribution in [2.24, 2.45) is 22.2 Å². The Balaban J connectivity index is 1.86. The topological polar surface area (TPSA) is 27.7 Å². The number of ether oxygens (including phenoxy) is 3. The van der Waals surface area contributed by atoms with Crippen molar-refractivity contribution in [3.05, 3.63) is 38.5 Å². The number of hydrogen-bond acceptors (Lipinski definition) is 3. The van der Waals surface area contributed by atoms with Gasteiger partial charge in [-0.2, -0.15) is 0 Å². The maximum Gasteiger partial charge on any atom is 0.0929 e. The summed E-state index contributed by atoms with van der Waals surface area (Å²) in [6, 6.07) is 0. The van der Waals surface area contributed by atoms with Gasteiger partial charge in [-0.05, 0) is 44.4 Å². The zero-order valence-corrected chi connectivity index (χ0v) is 13.5. The quantitative estimate of drug-likeness (QED) is 0.590. The van der Waals surface area contributed by atoms with Gasteiger partial charge in [-0.25, -0.2) is 0 Å². The lowest BCUT2D eigenvalue weighted by molar-refractivity contribution is -0.197. The van der Waals surface area contributed by atoms with E-state index in [1.54, 1.807) is 18.8 Å². The Morgan fingerprint density at radius 1 is 0.682 bits per heavy atom. The van der Waals surface area contributed by atoms with Crippen molar-refractivity contribution in [2.45, 2.75) is 38.5 Å². The second kappa shape index (κ2) is 5.68. The van der Waals surface area contributed by atoms with Crippen molar-refractivity contribution in [2.75, 3.05) is 19.8 Å². The molecule has 4 aliphatic rings. The maximum atomic E-state index is 5.66. The molecule has 0 atom stereocenters. The summed E-state index contributed by atoms with van der Waals surface area (Å²) in [5.74, 6) is 0.756. The zero-order chi connectivity index (χ0) is 15.7. The fourth-order valence-corrected chi connectivity index (χ4v) is 6.25. The molecule has 0 aliphatic heterocycles. The van der Waals surface area contributed by atoms with Crippen LogP contribution in [-0.2, 0) is 14.2 Å². The first kappa shape index (κ1) is 15.5. The van der Waals surface area contributed by atoms with E-state index in [4.69, 9.17) is 14.2 Å². The first-order valence-electron chi connectivity index (χ1n) is 8.27. The van der Waals surface area contributed by atoms with Crippen LogP contribution in [0.4, 0.5) is 0 Å². The molecule has 0 aromatic carbocycles. The summed E-state index contributed by atoms with van der Waals surface area (Å²) in [5.41, 5.74) is 0.758. The average Bonchev–Trinajstić information content (AvgIpc) is 2.48. The van der Waals surface area contributed by atoms with Crippen LogP contribution >= 0.6 is 0 Å². The van der Waals surface area contributed by atoms with Gasteiger partial charge >= 0.3 is 0 Å². The van der Waals surface area contributed by atoms with Crippen LogP contribution in [0.3, 0.4) is 0 Å². The van der Waals surface area contributed by atoms with Gasteiger partial charge in [-0.15, -0.1) is 0 Å². The van der Waals surface area contributed by atoms with Gasteiger partial charge in [0.05, 0.1) is 38.6 Å². The SMILES string of the molecule is C=COCC12CC3CC(COC=C)(C1)CC(COC=C)(C3)C2. The van der Waals surface area contributed by atoms with Gasteiger partial charge < -0.3 is 14.2 Å². The molecule has 0 heterocycles. The molecule has 4 saturated carbocycles. The fourth-order valence-electron chi connectivity index (χ4n) is 6.25. The van der Waals surface area contributed by atoms with E-state index in [-0.39, 0.29) is 16.2 Å². The predicted molar refractivity (Wildman–Crippen MR) is 86.9 cm³/mol. The Morgan fingerprint density at radius 3 is 1.27 bits per heavy atom. The fraction of sp³-hybridized carbons (Fsp3) is 0.684. The van der Waals surface area contributed by atoms with E-state index in [1.165, 1.54) is 38.5 Å². The summed E-state index contributed by atoms with van der Waals surface area (Å²) < 4.78 is 17.0. The third-order valence-electron chi connectivity index (χ3n) is 5.94. The normalized spacial score (nSPS) is 41.7. The van der Waals surface area contributed by atoms with Crippen LogP contribution in [0.1, 0.15) is 38.5 Å². The van der Waals surface area contributed by atoms with E-state index in [2.05, 4.69) is 19.7 Å². The summed E-state index contributed by atoms with van der Waals surface area (Å²) in [6.07, 6.45) is 12.1. The zero-order valence-electron chi connectivity index (χ0n) is 13.5. The van der Waals surface area contributed by atoms with Gasteiger partial charge in [0, 0.05) is 16.2 Å². The maximum absolute atomic E-state index is 5.66. The van der Waals surface area contributed by atoms with Crippen molar-refractivity contribution in [1.29, 1.82) is 0 Å². The van der Waals surface area contributed by atoms with Crippen molar-refractivity contribution in [1.82, 2.24) is 0 Å². The molecule has 0 aromatic rings. The molecule has 0 N–H and O–H groups in total. The van der Waals surface area contributed by atoms with E-state index in [1.807, 2.05) is 0 Å². The molecule has 0 spiro atoms. The van der Waals surface area contributed by atoms with Gasteiger partial charge in [0.2, 0.25) is 0 Å². The molecule has 4 bridgehead atoms. The second-order valence-electron chi connectivity index (χ2n) is 7.94. The van der Waals surface area contributed by atoms with E-state index in [0.717, 1.165) is 25.7 Å². The highest BCUT2D eigenvalue weighted by Crippen LogP contribution is 2.69. The minimum Gasteiger partial charge on any atom is -0.501 e. The standard InChI is InChI=1S/C19H28O3/c1-4-20-13-17-7-16-8-18(10-17,14-21-5-2)12-19(9-16,11-17)15-22-6-3/h4-6,16H,1-3,7-15H2. The molecule has 0 saturated heterocycles. The summed E-state index contributed by atoms with van der Waals surface area (Å²) >= 11 is 0. The Bertz CT molecular complexity index is 381. The van der Waals surface area contributed by atoms with Gasteiger partial charge in [-0.3, -0.25) is 0 Å². The molecular formula is C19H28O3. The van der Waals surface area contributed by atoms with E-state index in [0.29, 0.717) is 0 Å². The lowest BCUT2D eigenvalue weighted by Gasteiger charge is -2.66. The minimum atomic E-state index is 0.253. The van der Waals surface area contributed by atoms with E-state index >= 15 is 0 Å². The van der Waals surface area contributed by atoms with Crippen LogP contribution in [0, 0.1) is 22.2 Å². The van der Waals surface area contributed by atoms with Gasteiger partial charge in [-0.1, -0.05) is 19.7 Å². The van der Waals surface area contributed by atoms with Crippen LogP contribution in [0.25, 0.3) is 0 Å². The molecule has 0 unspecified atom stereocenters. The molecule has 0 amide bonds. The number of hydrogen-bond donors (Lipinski definition) is 0. The van der Waals surface area contributed by atoms with E-state index < -0.39 is 0 Å². The molecule has 4 rings (SSSR count). The molecule has 22 heavy (non-hydrogen) atoms. The molecule has 122 valence electrons. The average molecular weight is 304 g/mol. The third-order valence-corrected chi connectivity index (χ3v) is 5.94. The highest BCUT2D eigenvalue weighted by Gasteiger charge is 2.63. The summed E-state index contributed by atoms with van der Waals surface area (Å²) in [5, 5.41) is 0. The minimum absolute atomic E-state index is 0.253. The van der Waals surface area contributed by atoms with Gasteiger partial charge in [0.1, 0.15) is 0 Å². The van der Waals surface area contributed by atoms with Gasteiger partial charge in [0.25, 0.3) is 0 Å². The Hall–Kier alpha value is -1.38. The Morgan fingerprint density at radius 2 is 1.00 bits per heavy atom. The van der Waals surface area contributed by atoms with Crippen molar-refractivity contribution < 1.29 is 14.2 Å². The van der Waals surface area contributed by atoms with Gasteiger partial charge in [0.15, 0.2) is 0 Å². The first-order valence-corrected chi connectivity index (χ1v) is 8.27. The van der Waals surface area contributed by atoms with Crippen LogP contribution in [0.2, 0.25) is 0 Å². The lowest BCUT2D eigenvalue weighted by Crippen LogP contribution is -2.60. The first-order chi connectivity index (χ1) is 10.6. The molecule has 3 heteroatoms. The molecule has 4 aliphatic carbocycles. The van der Waals surface area contributed by atoms with E-state index in [9.17, 15) is 0 Å². The highest BCUT2D eigenvalue weighted by molar-refractivity contribution is 5.13. The monoisotopic (exact) mass is 304 g/mol. The Kier molecular flexibility index (Phi) is 4.00. The van der Waals surface area contributed by atoms with Crippen LogP contribution in [0.5, 0.6) is 0 Å². The Labute approximate surface area is 134 Å². The molecule has 3 nitrogen and oxygen atoms in total. The molecule has 0 radical (unpaired) electrons. The predicted octanol–water partition coefficient (Wildman–Crippen LogP) is 4.42. The lowest BCUT2D eigenvalue weighted by atomic mass is 9.40. The van der Waals surface area contributed by atoms with Crippen LogP contribution in [0.15, 0.2) is 38.5 Å². The molecular weight excluding hydrogens is 276 g/mol. The molecule has 0 aromatic heterocycles. The van der Waals surface area contributed by atoms with Crippen molar-refractivity contribution >= 4 is 0 Å². The van der Waals surface area contributed by atoms with Crippen molar-refractivity contribution in [3.8, 4) is 0 Å². The van der Waals surface area contributed by atoms with Crippen LogP contribution in [-0.4, -0.2) is 19.8 Å². The largest absolute Gasteiger partial charge is 0.501 e. The summed E-state index contributed by atoms with van der Waals surface area (Å²) in [7, 11) is 0. The summed E-state index contributed by atoms with van der Waals surface area (Å²) in [4.78, 5) is 0. The summed E-state index contributed by atoms with van der Waals surface area (Å²) in [6.45, 7) is 13.5. The second-order valence-corrected chi connectivity index (χ2v) is 7.94. The highest BCUT2D eigenvalue weighted by atomic mass is 16.5. The number of rotatable bonds is 9. The smallest absolute Gasteiger partial charge is 0.0929 e. The third kappa shape index (κ3) is 2.66. The van der Waals surface area contributed by atoms with Crippen LogP contribution < -0.4 is 0 Å².